The average Bonchev–Trinajstić information content (AvgIpc) is 2.93. The van der Waals surface area contributed by atoms with Crippen molar-refractivity contribution >= 4 is 24.4 Å². The van der Waals surface area contributed by atoms with E-state index < -0.39 is 42.2 Å². The van der Waals surface area contributed by atoms with Gasteiger partial charge in [0.1, 0.15) is 17.7 Å². The number of carbonyl (C=O) groups excluding carboxylic acids is 3. The van der Waals surface area contributed by atoms with Crippen LogP contribution in [0.3, 0.4) is 0 Å². The Bertz CT molecular complexity index is 1030. The number of ether oxygens (including phenoxy) is 6. The predicted molar refractivity (Wildman–Crippen MR) is 154 cm³/mol. The third kappa shape index (κ3) is 14.4. The molecule has 3 unspecified atom stereocenters. The summed E-state index contributed by atoms with van der Waals surface area (Å²) < 4.78 is 31.4. The summed E-state index contributed by atoms with van der Waals surface area (Å²) in [4.78, 5) is 48.6. The zero-order valence-electron chi connectivity index (χ0n) is 26.0. The van der Waals surface area contributed by atoms with E-state index in [9.17, 15) is 24.3 Å². The van der Waals surface area contributed by atoms with Gasteiger partial charge in [-0.25, -0.2) is 14.4 Å². The molecule has 0 saturated carbocycles. The van der Waals surface area contributed by atoms with Gasteiger partial charge in [-0.3, -0.25) is 4.79 Å². The van der Waals surface area contributed by atoms with Gasteiger partial charge in [0.2, 0.25) is 0 Å². The van der Waals surface area contributed by atoms with Crippen LogP contribution < -0.4 is 14.8 Å². The number of benzene rings is 1. The molecular formula is C30H47NO11. The molecule has 238 valence electrons. The van der Waals surface area contributed by atoms with E-state index in [0.717, 1.165) is 12.8 Å². The second-order valence-electron chi connectivity index (χ2n) is 11.0. The fourth-order valence-corrected chi connectivity index (χ4v) is 3.06. The Kier molecular flexibility index (Phi) is 15.7. The Balaban J connectivity index is 2.99. The van der Waals surface area contributed by atoms with E-state index in [4.69, 9.17) is 28.4 Å². The zero-order chi connectivity index (χ0) is 31.9. The monoisotopic (exact) mass is 597 g/mol. The predicted octanol–water partition coefficient (Wildman–Crippen LogP) is 6.13. The van der Waals surface area contributed by atoms with Gasteiger partial charge >= 0.3 is 24.4 Å². The molecule has 0 aromatic heterocycles. The van der Waals surface area contributed by atoms with Gasteiger partial charge in [0.05, 0.1) is 13.2 Å². The molecule has 1 rings (SSSR count). The second kappa shape index (κ2) is 18.1. The Hall–Kier alpha value is -3.54. The number of carboxylic acids is 1. The molecule has 4 atom stereocenters. The molecule has 0 radical (unpaired) electrons. The maximum Gasteiger partial charge on any atom is 0.513 e. The first kappa shape index (κ1) is 36.5. The van der Waals surface area contributed by atoms with Crippen molar-refractivity contribution < 1.29 is 52.7 Å². The molecule has 0 aliphatic heterocycles. The fourth-order valence-electron chi connectivity index (χ4n) is 3.06. The lowest BCUT2D eigenvalue weighted by Gasteiger charge is -2.24. The summed E-state index contributed by atoms with van der Waals surface area (Å²) in [5, 5.41) is 12.6. The van der Waals surface area contributed by atoms with Crippen molar-refractivity contribution in [2.24, 2.45) is 11.8 Å². The molecule has 12 heteroatoms. The molecule has 0 saturated heterocycles. The van der Waals surface area contributed by atoms with E-state index in [1.165, 1.54) is 18.2 Å². The van der Waals surface area contributed by atoms with E-state index in [1.54, 1.807) is 20.8 Å². The van der Waals surface area contributed by atoms with Gasteiger partial charge in [-0.2, -0.15) is 0 Å². The number of rotatable bonds is 17. The van der Waals surface area contributed by atoms with E-state index in [-0.39, 0.29) is 49.5 Å². The second-order valence-corrected chi connectivity index (χ2v) is 11.0. The molecule has 0 aliphatic carbocycles. The lowest BCUT2D eigenvalue weighted by molar-refractivity contribution is -0.139. The van der Waals surface area contributed by atoms with Crippen molar-refractivity contribution in [1.82, 2.24) is 5.32 Å². The summed E-state index contributed by atoms with van der Waals surface area (Å²) in [6, 6.07) is 3.23. The van der Waals surface area contributed by atoms with Gasteiger partial charge < -0.3 is 38.8 Å². The van der Waals surface area contributed by atoms with Gasteiger partial charge in [-0.1, -0.05) is 53.5 Å². The lowest BCUT2D eigenvalue weighted by Crippen LogP contribution is -2.43. The summed E-state index contributed by atoms with van der Waals surface area (Å²) in [6.07, 6.45) is -1.32. The Morgan fingerprint density at radius 2 is 1.40 bits per heavy atom. The summed E-state index contributed by atoms with van der Waals surface area (Å²) in [6.45, 7) is 15.1. The minimum Gasteiger partial charge on any atom is -0.480 e. The number of hydrogen-bond donors (Lipinski definition) is 2. The highest BCUT2D eigenvalue weighted by atomic mass is 16.7. The summed E-state index contributed by atoms with van der Waals surface area (Å²) >= 11 is 0. The van der Waals surface area contributed by atoms with Crippen molar-refractivity contribution in [3.8, 4) is 11.5 Å². The van der Waals surface area contributed by atoms with Crippen molar-refractivity contribution in [2.75, 3.05) is 19.8 Å². The molecule has 1 aromatic carbocycles. The van der Waals surface area contributed by atoms with Crippen LogP contribution in [-0.4, -0.2) is 67.0 Å². The molecule has 0 aliphatic rings. The van der Waals surface area contributed by atoms with Gasteiger partial charge in [0.15, 0.2) is 11.5 Å². The van der Waals surface area contributed by atoms with Crippen molar-refractivity contribution in [3.63, 3.8) is 0 Å². The summed E-state index contributed by atoms with van der Waals surface area (Å²) in [5.41, 5.74) is -0.230. The van der Waals surface area contributed by atoms with Gasteiger partial charge in [0.25, 0.3) is 0 Å². The highest BCUT2D eigenvalue weighted by molar-refractivity contribution is 5.74. The van der Waals surface area contributed by atoms with E-state index in [1.807, 2.05) is 34.6 Å². The first-order valence-electron chi connectivity index (χ1n) is 14.4. The Labute approximate surface area is 248 Å². The SMILES string of the molecule is CCC(C)COC(=O)Oc1ccc(C[C@H](NCC(C)OC(=O)OC(C)(C)CC)C(=O)O)cc1OC(=O)OCC(C)CC. The average molecular weight is 598 g/mol. The molecule has 12 nitrogen and oxygen atoms in total. The van der Waals surface area contributed by atoms with Crippen LogP contribution >= 0.6 is 0 Å². The van der Waals surface area contributed by atoms with Crippen LogP contribution in [0.25, 0.3) is 0 Å². The van der Waals surface area contributed by atoms with E-state index in [2.05, 4.69) is 5.32 Å². The molecule has 1 aromatic rings. The third-order valence-corrected chi connectivity index (χ3v) is 6.66. The van der Waals surface area contributed by atoms with Gasteiger partial charge in [-0.05, 0) is 63.1 Å². The molecular weight excluding hydrogens is 550 g/mol. The maximum atomic E-state index is 12.4. The Morgan fingerprint density at radius 1 is 0.857 bits per heavy atom. The van der Waals surface area contributed by atoms with Crippen molar-refractivity contribution in [3.05, 3.63) is 23.8 Å². The summed E-state index contributed by atoms with van der Waals surface area (Å²) in [7, 11) is 0. The number of carboxylic acid groups (broad SMARTS) is 1. The van der Waals surface area contributed by atoms with Crippen LogP contribution in [0.4, 0.5) is 14.4 Å². The first-order chi connectivity index (χ1) is 19.7. The van der Waals surface area contributed by atoms with Crippen molar-refractivity contribution in [2.45, 2.75) is 98.8 Å². The van der Waals surface area contributed by atoms with Crippen molar-refractivity contribution in [1.29, 1.82) is 0 Å². The zero-order valence-corrected chi connectivity index (χ0v) is 26.0. The first-order valence-corrected chi connectivity index (χ1v) is 14.4. The van der Waals surface area contributed by atoms with Crippen LogP contribution in [-0.2, 0) is 30.2 Å². The van der Waals surface area contributed by atoms with Gasteiger partial charge in [-0.15, -0.1) is 0 Å². The van der Waals surface area contributed by atoms with Gasteiger partial charge in [0, 0.05) is 6.54 Å². The molecule has 0 amide bonds. The normalized spacial score (nSPS) is 14.1. The fraction of sp³-hybridized carbons (Fsp3) is 0.667. The topological polar surface area (TPSA) is 156 Å². The molecule has 2 N–H and O–H groups in total. The Morgan fingerprint density at radius 3 is 1.90 bits per heavy atom. The molecule has 0 spiro atoms. The van der Waals surface area contributed by atoms with E-state index in [0.29, 0.717) is 12.0 Å². The number of aliphatic carboxylic acids is 1. The highest BCUT2D eigenvalue weighted by Crippen LogP contribution is 2.30. The quantitative estimate of drug-likeness (QED) is 0.121. The molecule has 42 heavy (non-hydrogen) atoms. The van der Waals surface area contributed by atoms with Crippen LogP contribution in [0.15, 0.2) is 18.2 Å². The maximum absolute atomic E-state index is 12.4. The largest absolute Gasteiger partial charge is 0.513 e. The van der Waals surface area contributed by atoms with Crippen LogP contribution in [0.5, 0.6) is 11.5 Å². The highest BCUT2D eigenvalue weighted by Gasteiger charge is 2.25. The standard InChI is InChI=1S/C30H47NO11/c1-9-19(4)17-37-27(34)40-24-13-12-22(15-25(24)41-28(35)38-18-20(5)10-2)14-23(26(32)33)31-16-21(6)39-29(36)42-30(7,8)11-3/h12-13,15,19-21,23,31H,9-11,14,16-18H2,1-8H3,(H,32,33)/t19?,20?,21?,23-/m0/s1. The van der Waals surface area contributed by atoms with Crippen LogP contribution in [0.2, 0.25) is 0 Å². The third-order valence-electron chi connectivity index (χ3n) is 6.66. The van der Waals surface area contributed by atoms with Crippen LogP contribution in [0.1, 0.15) is 80.2 Å². The number of hydrogen-bond acceptors (Lipinski definition) is 11. The minimum absolute atomic E-state index is 0.0349. The lowest BCUT2D eigenvalue weighted by atomic mass is 10.0. The summed E-state index contributed by atoms with van der Waals surface area (Å²) in [5.74, 6) is -1.13. The number of nitrogens with one attached hydrogen (secondary N) is 1. The van der Waals surface area contributed by atoms with E-state index >= 15 is 0 Å². The minimum atomic E-state index is -1.15. The molecule has 0 heterocycles. The smallest absolute Gasteiger partial charge is 0.480 e. The van der Waals surface area contributed by atoms with Crippen LogP contribution in [0, 0.1) is 11.8 Å². The number of carbonyl (C=O) groups is 4. The molecule has 0 fully saturated rings. The molecule has 0 bridgehead atoms.